The number of aliphatic hydroxyl groups excluding tert-OH is 1. The third kappa shape index (κ3) is 3.25. The number of carbonyl (C=O) groups is 1. The molecule has 3 rings (SSSR count). The molecule has 3 aromatic rings. The second kappa shape index (κ2) is 6.86. The molecule has 0 aliphatic rings. The molecule has 0 radical (unpaired) electrons. The molecule has 2 aromatic heterocycles. The quantitative estimate of drug-likeness (QED) is 0.743. The van der Waals surface area contributed by atoms with Crippen molar-refractivity contribution >= 4 is 28.8 Å². The van der Waals surface area contributed by atoms with Crippen molar-refractivity contribution in [2.24, 2.45) is 0 Å². The Kier molecular flexibility index (Phi) is 4.79. The van der Waals surface area contributed by atoms with Gasteiger partial charge in [0.25, 0.3) is 5.91 Å². The van der Waals surface area contributed by atoms with Crippen LogP contribution in [0.25, 0.3) is 5.65 Å². The summed E-state index contributed by atoms with van der Waals surface area (Å²) < 4.78 is 1.72. The number of amides is 1. The largest absolute Gasteiger partial charge is 0.392 e. The summed E-state index contributed by atoms with van der Waals surface area (Å²) in [6, 6.07) is 7.31. The molecule has 1 aromatic carbocycles. The third-order valence-electron chi connectivity index (χ3n) is 4.31. The van der Waals surface area contributed by atoms with Crippen molar-refractivity contribution < 1.29 is 9.90 Å². The lowest BCUT2D eigenvalue weighted by molar-refractivity contribution is 0.102. The van der Waals surface area contributed by atoms with Crippen LogP contribution in [0.15, 0.2) is 30.5 Å². The second-order valence-electron chi connectivity index (χ2n) is 6.04. The topological polar surface area (TPSA) is 66.6 Å². The fraction of sp³-hybridized carbons (Fsp3) is 0.263. The molecule has 1 amide bonds. The maximum atomic E-state index is 12.9. The zero-order valence-electron chi connectivity index (χ0n) is 14.4. The monoisotopic (exact) mass is 357 g/mol. The minimum absolute atomic E-state index is 0.0690. The van der Waals surface area contributed by atoms with Gasteiger partial charge in [0, 0.05) is 11.9 Å². The molecule has 0 bridgehead atoms. The second-order valence-corrected chi connectivity index (χ2v) is 6.48. The molecule has 0 aliphatic heterocycles. The molecule has 2 heterocycles. The van der Waals surface area contributed by atoms with Gasteiger partial charge in [-0.05, 0) is 55.2 Å². The van der Waals surface area contributed by atoms with E-state index < -0.39 is 0 Å². The van der Waals surface area contributed by atoms with Crippen LogP contribution in [0.3, 0.4) is 0 Å². The molecule has 25 heavy (non-hydrogen) atoms. The Morgan fingerprint density at radius 2 is 2.04 bits per heavy atom. The summed E-state index contributed by atoms with van der Waals surface area (Å²) in [5.74, 6) is -0.248. The number of hydrogen-bond donors (Lipinski definition) is 2. The van der Waals surface area contributed by atoms with Gasteiger partial charge in [-0.15, -0.1) is 0 Å². The van der Waals surface area contributed by atoms with Crippen molar-refractivity contribution in [2.75, 3.05) is 5.32 Å². The molecular weight excluding hydrogens is 338 g/mol. The van der Waals surface area contributed by atoms with Crippen LogP contribution in [0.1, 0.15) is 39.8 Å². The van der Waals surface area contributed by atoms with Gasteiger partial charge in [-0.1, -0.05) is 24.6 Å². The van der Waals surface area contributed by atoms with Crippen LogP contribution in [0.4, 0.5) is 5.69 Å². The van der Waals surface area contributed by atoms with Gasteiger partial charge in [0.15, 0.2) is 0 Å². The number of carbonyl (C=O) groups excluding carboxylic acids is 1. The average molecular weight is 358 g/mol. The Morgan fingerprint density at radius 3 is 2.72 bits per heavy atom. The number of aromatic nitrogens is 2. The number of aryl methyl sites for hydroxylation is 3. The van der Waals surface area contributed by atoms with E-state index in [1.165, 1.54) is 0 Å². The van der Waals surface area contributed by atoms with Gasteiger partial charge in [0.2, 0.25) is 0 Å². The molecule has 0 spiro atoms. The molecule has 0 saturated heterocycles. The van der Waals surface area contributed by atoms with Crippen LogP contribution < -0.4 is 5.32 Å². The predicted octanol–water partition coefficient (Wildman–Crippen LogP) is 3.91. The minimum atomic E-state index is -0.248. The lowest BCUT2D eigenvalue weighted by Crippen LogP contribution is -2.17. The summed E-state index contributed by atoms with van der Waals surface area (Å²) in [5, 5.41) is 12.9. The highest BCUT2D eigenvalue weighted by molar-refractivity contribution is 6.30. The van der Waals surface area contributed by atoms with Gasteiger partial charge >= 0.3 is 0 Å². The number of anilines is 1. The van der Waals surface area contributed by atoms with Gasteiger partial charge in [-0.25, -0.2) is 4.98 Å². The highest BCUT2D eigenvalue weighted by atomic mass is 35.5. The van der Waals surface area contributed by atoms with Gasteiger partial charge in [-0.3, -0.25) is 9.20 Å². The SMILES string of the molecule is CCc1nc2ccc(Cl)cn2c1C(=O)Nc1cc(CO)c(C)cc1C. The van der Waals surface area contributed by atoms with Crippen molar-refractivity contribution in [3.63, 3.8) is 0 Å². The van der Waals surface area contributed by atoms with E-state index in [0.717, 1.165) is 16.7 Å². The van der Waals surface area contributed by atoms with Gasteiger partial charge in [0.05, 0.1) is 17.3 Å². The highest BCUT2D eigenvalue weighted by Gasteiger charge is 2.19. The lowest BCUT2D eigenvalue weighted by atomic mass is 10.0. The fourth-order valence-corrected chi connectivity index (χ4v) is 3.10. The number of benzene rings is 1. The van der Waals surface area contributed by atoms with Crippen molar-refractivity contribution in [3.05, 3.63) is 63.6 Å². The van der Waals surface area contributed by atoms with Crippen molar-refractivity contribution in [1.29, 1.82) is 0 Å². The zero-order chi connectivity index (χ0) is 18.1. The van der Waals surface area contributed by atoms with Crippen molar-refractivity contribution in [2.45, 2.75) is 33.8 Å². The van der Waals surface area contributed by atoms with E-state index in [2.05, 4.69) is 10.3 Å². The summed E-state index contributed by atoms with van der Waals surface area (Å²) in [5.41, 5.74) is 5.28. The molecular formula is C19H20ClN3O2. The van der Waals surface area contributed by atoms with Gasteiger partial charge in [0.1, 0.15) is 11.3 Å². The van der Waals surface area contributed by atoms with Crippen molar-refractivity contribution in [3.8, 4) is 0 Å². The standard InChI is InChI=1S/C19H20ClN3O2/c1-4-15-18(23-9-14(20)5-6-17(23)21-15)19(25)22-16-8-13(10-24)11(2)7-12(16)3/h5-9,24H,4,10H2,1-3H3,(H,22,25). The van der Waals surface area contributed by atoms with E-state index in [0.29, 0.717) is 34.2 Å². The van der Waals surface area contributed by atoms with Crippen LogP contribution in [0.2, 0.25) is 5.02 Å². The Hall–Kier alpha value is -2.37. The fourth-order valence-electron chi connectivity index (χ4n) is 2.94. The van der Waals surface area contributed by atoms with E-state index >= 15 is 0 Å². The van der Waals surface area contributed by atoms with E-state index in [1.54, 1.807) is 22.7 Å². The summed E-state index contributed by atoms with van der Waals surface area (Å²) in [6.45, 7) is 5.75. The zero-order valence-corrected chi connectivity index (χ0v) is 15.2. The van der Waals surface area contributed by atoms with Crippen LogP contribution in [0, 0.1) is 13.8 Å². The summed E-state index contributed by atoms with van der Waals surface area (Å²) in [6.07, 6.45) is 2.33. The smallest absolute Gasteiger partial charge is 0.274 e. The molecule has 6 heteroatoms. The van der Waals surface area contributed by atoms with Crippen molar-refractivity contribution in [1.82, 2.24) is 9.38 Å². The highest BCUT2D eigenvalue weighted by Crippen LogP contribution is 2.23. The first-order valence-corrected chi connectivity index (χ1v) is 8.51. The molecule has 0 saturated carbocycles. The first-order valence-electron chi connectivity index (χ1n) is 8.13. The number of imidazole rings is 1. The van der Waals surface area contributed by atoms with E-state index in [-0.39, 0.29) is 12.5 Å². The number of nitrogens with one attached hydrogen (secondary N) is 1. The van der Waals surface area contributed by atoms with Crippen LogP contribution in [-0.2, 0) is 13.0 Å². The summed E-state index contributed by atoms with van der Waals surface area (Å²) in [4.78, 5) is 17.4. The summed E-state index contributed by atoms with van der Waals surface area (Å²) in [7, 11) is 0. The molecule has 0 unspecified atom stereocenters. The summed E-state index contributed by atoms with van der Waals surface area (Å²) >= 11 is 6.08. The first kappa shape index (κ1) is 17.5. The number of rotatable bonds is 4. The predicted molar refractivity (Wildman–Crippen MR) is 99.4 cm³/mol. The maximum Gasteiger partial charge on any atom is 0.274 e. The molecule has 0 fully saturated rings. The Balaban J connectivity index is 2.05. The Morgan fingerprint density at radius 1 is 1.28 bits per heavy atom. The van der Waals surface area contributed by atoms with E-state index in [1.807, 2.05) is 32.9 Å². The average Bonchev–Trinajstić information content (AvgIpc) is 2.94. The van der Waals surface area contributed by atoms with Crippen LogP contribution >= 0.6 is 11.6 Å². The van der Waals surface area contributed by atoms with Crippen LogP contribution in [0.5, 0.6) is 0 Å². The van der Waals surface area contributed by atoms with E-state index in [4.69, 9.17) is 11.6 Å². The number of pyridine rings is 1. The lowest BCUT2D eigenvalue weighted by Gasteiger charge is -2.13. The normalized spacial score (nSPS) is 11.1. The van der Waals surface area contributed by atoms with Crippen LogP contribution in [-0.4, -0.2) is 20.4 Å². The number of hydrogen-bond acceptors (Lipinski definition) is 3. The number of fused-ring (bicyclic) bond motifs is 1. The van der Waals surface area contributed by atoms with E-state index in [9.17, 15) is 9.90 Å². The third-order valence-corrected chi connectivity index (χ3v) is 4.53. The first-order chi connectivity index (χ1) is 11.9. The number of halogens is 1. The Labute approximate surface area is 151 Å². The number of nitrogens with zero attached hydrogens (tertiary/aromatic N) is 2. The van der Waals surface area contributed by atoms with Gasteiger partial charge < -0.3 is 10.4 Å². The minimum Gasteiger partial charge on any atom is -0.392 e. The molecule has 5 nitrogen and oxygen atoms in total. The maximum absolute atomic E-state index is 12.9. The number of aliphatic hydroxyl groups is 1. The molecule has 0 atom stereocenters. The Bertz CT molecular complexity index is 963. The molecule has 0 aliphatic carbocycles. The van der Waals surface area contributed by atoms with Gasteiger partial charge in [-0.2, -0.15) is 0 Å². The molecule has 2 N–H and O–H groups in total. The molecule has 130 valence electrons.